The number of rotatable bonds is 8. The Morgan fingerprint density at radius 3 is 2.36 bits per heavy atom. The van der Waals surface area contributed by atoms with Gasteiger partial charge in [-0.1, -0.05) is 80.4 Å². The highest BCUT2D eigenvalue weighted by atomic mass is 16.2. The highest BCUT2D eigenvalue weighted by Crippen LogP contribution is 2.31. The first-order valence-electron chi connectivity index (χ1n) is 10.3. The molecule has 1 unspecified atom stereocenters. The van der Waals surface area contributed by atoms with Crippen LogP contribution < -0.4 is 5.32 Å². The Bertz CT molecular complexity index is 799. The highest BCUT2D eigenvalue weighted by molar-refractivity contribution is 6.39. The number of hydrazone groups is 1. The molecule has 0 fully saturated rings. The fraction of sp³-hybridized carbons (Fsp3) is 0.417. The Kier molecular flexibility index (Phi) is 6.50. The van der Waals surface area contributed by atoms with Gasteiger partial charge in [0.05, 0.1) is 11.6 Å². The molecule has 0 saturated carbocycles. The summed E-state index contributed by atoms with van der Waals surface area (Å²) in [6, 6.07) is 20.6. The second-order valence-corrected chi connectivity index (χ2v) is 7.99. The number of nitrogens with one attached hydrogen (secondary N) is 1. The number of carbonyl (C=O) groups is 1. The quantitative estimate of drug-likeness (QED) is 0.656. The molecular weight excluding hydrogens is 346 g/mol. The monoisotopic (exact) mass is 377 g/mol. The normalized spacial score (nSPS) is 16.8. The average Bonchev–Trinajstić information content (AvgIpc) is 3.14. The van der Waals surface area contributed by atoms with Crippen LogP contribution >= 0.6 is 0 Å². The molecule has 4 heteroatoms. The first-order valence-corrected chi connectivity index (χ1v) is 10.3. The highest BCUT2D eigenvalue weighted by Gasteiger charge is 2.33. The van der Waals surface area contributed by atoms with Crippen molar-refractivity contribution in [2.45, 2.75) is 58.0 Å². The molecule has 148 valence electrons. The topological polar surface area (TPSA) is 44.7 Å². The maximum atomic E-state index is 13.0. The lowest BCUT2D eigenvalue weighted by atomic mass is 9.93. The SMILES string of the molecule is CCCCCN1N=C(C(=O)NC(C)(C)c2ccccc2)CC1c1ccccc1. The van der Waals surface area contributed by atoms with Crippen LogP contribution in [0, 0.1) is 0 Å². The molecule has 0 bridgehead atoms. The van der Waals surface area contributed by atoms with Crippen LogP contribution in [0.3, 0.4) is 0 Å². The first kappa shape index (κ1) is 20.1. The van der Waals surface area contributed by atoms with Gasteiger partial charge in [0.2, 0.25) is 0 Å². The molecule has 0 aliphatic carbocycles. The molecule has 1 N–H and O–H groups in total. The molecular formula is C24H31N3O. The second kappa shape index (κ2) is 9.05. The van der Waals surface area contributed by atoms with Crippen LogP contribution in [-0.2, 0) is 10.3 Å². The minimum Gasteiger partial charge on any atom is -0.342 e. The summed E-state index contributed by atoms with van der Waals surface area (Å²) >= 11 is 0. The minimum absolute atomic E-state index is 0.0761. The molecule has 1 atom stereocenters. The van der Waals surface area contributed by atoms with E-state index in [1.54, 1.807) is 0 Å². The van der Waals surface area contributed by atoms with Crippen LogP contribution in [0.25, 0.3) is 0 Å². The third-order valence-corrected chi connectivity index (χ3v) is 5.35. The largest absolute Gasteiger partial charge is 0.342 e. The van der Waals surface area contributed by atoms with Crippen molar-refractivity contribution in [2.24, 2.45) is 5.10 Å². The van der Waals surface area contributed by atoms with E-state index in [-0.39, 0.29) is 11.9 Å². The van der Waals surface area contributed by atoms with E-state index in [9.17, 15) is 4.79 Å². The van der Waals surface area contributed by atoms with Crippen LogP contribution in [0.2, 0.25) is 0 Å². The first-order chi connectivity index (χ1) is 13.5. The zero-order valence-electron chi connectivity index (χ0n) is 17.2. The molecule has 3 rings (SSSR count). The van der Waals surface area contributed by atoms with Gasteiger partial charge in [0.25, 0.3) is 5.91 Å². The number of amides is 1. The number of hydrogen-bond acceptors (Lipinski definition) is 3. The van der Waals surface area contributed by atoms with Gasteiger partial charge in [-0.25, -0.2) is 0 Å². The van der Waals surface area contributed by atoms with E-state index in [1.807, 2.05) is 50.2 Å². The summed E-state index contributed by atoms with van der Waals surface area (Å²) in [4.78, 5) is 13.0. The van der Waals surface area contributed by atoms with E-state index in [0.29, 0.717) is 12.1 Å². The fourth-order valence-corrected chi connectivity index (χ4v) is 3.67. The van der Waals surface area contributed by atoms with Crippen molar-refractivity contribution in [3.8, 4) is 0 Å². The summed E-state index contributed by atoms with van der Waals surface area (Å²) in [5.41, 5.74) is 2.47. The van der Waals surface area contributed by atoms with Crippen LogP contribution in [0.15, 0.2) is 65.8 Å². The minimum atomic E-state index is -0.446. The molecule has 0 spiro atoms. The zero-order valence-corrected chi connectivity index (χ0v) is 17.2. The molecule has 0 aromatic heterocycles. The van der Waals surface area contributed by atoms with Gasteiger partial charge < -0.3 is 5.32 Å². The van der Waals surface area contributed by atoms with Crippen molar-refractivity contribution < 1.29 is 4.79 Å². The maximum absolute atomic E-state index is 13.0. The third kappa shape index (κ3) is 4.80. The van der Waals surface area contributed by atoms with E-state index >= 15 is 0 Å². The number of nitrogens with zero attached hydrogens (tertiary/aromatic N) is 2. The number of benzene rings is 2. The molecule has 1 aliphatic heterocycles. The fourth-order valence-electron chi connectivity index (χ4n) is 3.67. The molecule has 28 heavy (non-hydrogen) atoms. The molecule has 2 aromatic carbocycles. The van der Waals surface area contributed by atoms with Crippen molar-refractivity contribution in [2.75, 3.05) is 6.54 Å². The maximum Gasteiger partial charge on any atom is 0.268 e. The lowest BCUT2D eigenvalue weighted by Crippen LogP contribution is -2.44. The molecule has 1 heterocycles. The molecule has 1 aliphatic rings. The Hall–Kier alpha value is -2.62. The van der Waals surface area contributed by atoms with Gasteiger partial charge in [-0.15, -0.1) is 0 Å². The predicted molar refractivity (Wildman–Crippen MR) is 115 cm³/mol. The molecule has 1 amide bonds. The lowest BCUT2D eigenvalue weighted by Gasteiger charge is -2.26. The molecule has 0 radical (unpaired) electrons. The van der Waals surface area contributed by atoms with Gasteiger partial charge in [-0.3, -0.25) is 9.80 Å². The summed E-state index contributed by atoms with van der Waals surface area (Å²) in [7, 11) is 0. The van der Waals surface area contributed by atoms with Crippen LogP contribution in [0.5, 0.6) is 0 Å². The number of hydrogen-bond donors (Lipinski definition) is 1. The van der Waals surface area contributed by atoms with Crippen molar-refractivity contribution in [1.29, 1.82) is 0 Å². The van der Waals surface area contributed by atoms with Crippen molar-refractivity contribution >= 4 is 11.6 Å². The summed E-state index contributed by atoms with van der Waals surface area (Å²) < 4.78 is 0. The molecule has 0 saturated heterocycles. The van der Waals surface area contributed by atoms with Gasteiger partial charge in [0.15, 0.2) is 0 Å². The van der Waals surface area contributed by atoms with Crippen LogP contribution in [0.4, 0.5) is 0 Å². The summed E-state index contributed by atoms with van der Waals surface area (Å²) in [6.07, 6.45) is 4.09. The Morgan fingerprint density at radius 1 is 1.07 bits per heavy atom. The summed E-state index contributed by atoms with van der Waals surface area (Å²) in [5.74, 6) is -0.0761. The summed E-state index contributed by atoms with van der Waals surface area (Å²) in [6.45, 7) is 7.14. The van der Waals surface area contributed by atoms with E-state index in [1.165, 1.54) is 18.4 Å². The van der Waals surface area contributed by atoms with Gasteiger partial charge >= 0.3 is 0 Å². The predicted octanol–water partition coefficient (Wildman–Crippen LogP) is 5.03. The lowest BCUT2D eigenvalue weighted by molar-refractivity contribution is -0.116. The van der Waals surface area contributed by atoms with Gasteiger partial charge in [-0.2, -0.15) is 5.10 Å². The van der Waals surface area contributed by atoms with E-state index in [2.05, 4.69) is 41.5 Å². The van der Waals surface area contributed by atoms with Gasteiger partial charge in [0, 0.05) is 13.0 Å². The second-order valence-electron chi connectivity index (χ2n) is 7.99. The van der Waals surface area contributed by atoms with E-state index in [4.69, 9.17) is 5.10 Å². The van der Waals surface area contributed by atoms with E-state index < -0.39 is 5.54 Å². The van der Waals surface area contributed by atoms with E-state index in [0.717, 1.165) is 18.5 Å². The smallest absolute Gasteiger partial charge is 0.268 e. The Balaban J connectivity index is 1.74. The Morgan fingerprint density at radius 2 is 1.71 bits per heavy atom. The van der Waals surface area contributed by atoms with Gasteiger partial charge in [-0.05, 0) is 31.4 Å². The molecule has 2 aromatic rings. The Labute approximate surface area is 168 Å². The number of carbonyl (C=O) groups excluding carboxylic acids is 1. The number of unbranched alkanes of at least 4 members (excludes halogenated alkanes) is 2. The zero-order chi connectivity index (χ0) is 20.0. The van der Waals surface area contributed by atoms with Crippen molar-refractivity contribution in [3.05, 3.63) is 71.8 Å². The third-order valence-electron chi connectivity index (χ3n) is 5.35. The van der Waals surface area contributed by atoms with Crippen LogP contribution in [-0.4, -0.2) is 23.2 Å². The summed E-state index contributed by atoms with van der Waals surface area (Å²) in [5, 5.41) is 10.0. The van der Waals surface area contributed by atoms with Gasteiger partial charge in [0.1, 0.15) is 5.71 Å². The van der Waals surface area contributed by atoms with Crippen molar-refractivity contribution in [1.82, 2.24) is 10.3 Å². The molecule has 4 nitrogen and oxygen atoms in total. The van der Waals surface area contributed by atoms with Crippen molar-refractivity contribution in [3.63, 3.8) is 0 Å². The standard InChI is InChI=1S/C24H31N3O/c1-4-5-12-17-27-22(19-13-8-6-9-14-19)18-21(26-27)23(28)25-24(2,3)20-15-10-7-11-16-20/h6-11,13-16,22H,4-5,12,17-18H2,1-3H3,(H,25,28). The van der Waals surface area contributed by atoms with Crippen LogP contribution in [0.1, 0.15) is 63.6 Å². The average molecular weight is 378 g/mol.